The normalized spacial score (nSPS) is 29.8. The van der Waals surface area contributed by atoms with Gasteiger partial charge in [0.15, 0.2) is 36.8 Å². The zero-order valence-corrected chi connectivity index (χ0v) is 26.3. The van der Waals surface area contributed by atoms with Crippen LogP contribution in [0.3, 0.4) is 0 Å². The first-order valence-electron chi connectivity index (χ1n) is 14.0. The summed E-state index contributed by atoms with van der Waals surface area (Å²) in [5.74, 6) is -6.25. The molecule has 2 heterocycles. The maximum atomic E-state index is 12.3. The number of esters is 7. The van der Waals surface area contributed by atoms with Crippen LogP contribution in [0.5, 0.6) is 0 Å². The Morgan fingerprint density at radius 3 is 1.53 bits per heavy atom. The lowest BCUT2D eigenvalue weighted by Gasteiger charge is -2.45. The smallest absolute Gasteiger partial charge is 0.303 e. The Kier molecular flexibility index (Phi) is 14.1. The van der Waals surface area contributed by atoms with Gasteiger partial charge in [0.05, 0.1) is 6.10 Å². The third kappa shape index (κ3) is 11.2. The maximum absolute atomic E-state index is 12.3. The van der Waals surface area contributed by atoms with Crippen molar-refractivity contribution in [1.82, 2.24) is 0 Å². The van der Waals surface area contributed by atoms with Crippen molar-refractivity contribution in [3.8, 4) is 0 Å². The van der Waals surface area contributed by atoms with Crippen LogP contribution in [0, 0.1) is 5.92 Å². The minimum absolute atomic E-state index is 0.223. The van der Waals surface area contributed by atoms with Gasteiger partial charge >= 0.3 is 41.8 Å². The van der Waals surface area contributed by atoms with Crippen LogP contribution in [-0.4, -0.2) is 117 Å². The molecule has 2 fully saturated rings. The van der Waals surface area contributed by atoms with Gasteiger partial charge in [-0.15, -0.1) is 0 Å². The largest absolute Gasteiger partial charge is 0.463 e. The molecule has 2 aliphatic heterocycles. The molecule has 17 nitrogen and oxygen atoms in total. The van der Waals surface area contributed by atoms with Crippen molar-refractivity contribution >= 4 is 41.8 Å². The van der Waals surface area contributed by atoms with E-state index in [1.807, 2.05) is 0 Å². The third-order valence-corrected chi connectivity index (χ3v) is 6.66. The summed E-state index contributed by atoms with van der Waals surface area (Å²) >= 11 is 0. The van der Waals surface area contributed by atoms with E-state index in [1.54, 1.807) is 0 Å². The molecule has 2 rings (SSSR count). The van der Waals surface area contributed by atoms with Crippen LogP contribution in [0.25, 0.3) is 0 Å². The van der Waals surface area contributed by atoms with Crippen LogP contribution >= 0.6 is 0 Å². The van der Waals surface area contributed by atoms with Crippen molar-refractivity contribution in [3.05, 3.63) is 0 Å². The van der Waals surface area contributed by atoms with Crippen LogP contribution in [0.1, 0.15) is 54.9 Å². The summed E-state index contributed by atoms with van der Waals surface area (Å²) in [6.45, 7) is 6.92. The van der Waals surface area contributed by atoms with Gasteiger partial charge in [0, 0.05) is 61.5 Å². The van der Waals surface area contributed by atoms with E-state index >= 15 is 0 Å². The Morgan fingerprint density at radius 1 is 0.578 bits per heavy atom. The van der Waals surface area contributed by atoms with Crippen LogP contribution in [0.4, 0.5) is 0 Å². The summed E-state index contributed by atoms with van der Waals surface area (Å²) in [5.41, 5.74) is 0. The Balaban J connectivity index is 2.66. The molecule has 254 valence electrons. The molecule has 0 N–H and O–H groups in total. The molecule has 0 spiro atoms. The van der Waals surface area contributed by atoms with Crippen molar-refractivity contribution < 1.29 is 80.9 Å². The molecule has 0 amide bonds. The molecule has 0 aliphatic carbocycles. The van der Waals surface area contributed by atoms with E-state index in [4.69, 9.17) is 47.4 Å². The van der Waals surface area contributed by atoms with E-state index < -0.39 is 116 Å². The lowest BCUT2D eigenvalue weighted by molar-refractivity contribution is -0.256. The molecule has 2 saturated heterocycles. The first-order valence-corrected chi connectivity index (χ1v) is 14.0. The average Bonchev–Trinajstić information content (AvgIpc) is 3.23. The third-order valence-electron chi connectivity index (χ3n) is 6.66. The second-order valence-corrected chi connectivity index (χ2v) is 10.4. The Bertz CT molecular complexity index is 1100. The lowest BCUT2D eigenvalue weighted by atomic mass is 9.84. The molecular weight excluding hydrogens is 608 g/mol. The van der Waals surface area contributed by atoms with Crippen molar-refractivity contribution in [2.45, 2.75) is 110 Å². The highest BCUT2D eigenvalue weighted by atomic mass is 16.7. The van der Waals surface area contributed by atoms with Gasteiger partial charge in [-0.25, -0.2) is 0 Å². The summed E-state index contributed by atoms with van der Waals surface area (Å²) < 4.78 is 55.2. The number of carbonyl (C=O) groups excluding carboxylic acids is 7. The predicted molar refractivity (Wildman–Crippen MR) is 143 cm³/mol. The Hall–Kier alpha value is -3.83. The van der Waals surface area contributed by atoms with Gasteiger partial charge in [0.25, 0.3) is 0 Å². The Labute approximate surface area is 259 Å². The molecule has 0 radical (unpaired) electrons. The summed E-state index contributed by atoms with van der Waals surface area (Å²) in [6.07, 6.45) is -11.7. The average molecular weight is 649 g/mol. The number of hydrogen-bond acceptors (Lipinski definition) is 17. The first kappa shape index (κ1) is 37.4. The fourth-order valence-electron chi connectivity index (χ4n) is 5.26. The van der Waals surface area contributed by atoms with Crippen LogP contribution in [-0.2, 0) is 80.9 Å². The van der Waals surface area contributed by atoms with Gasteiger partial charge in [-0.3, -0.25) is 33.6 Å². The van der Waals surface area contributed by atoms with E-state index in [0.717, 1.165) is 48.5 Å². The highest BCUT2D eigenvalue weighted by Gasteiger charge is 2.57. The van der Waals surface area contributed by atoms with Gasteiger partial charge in [-0.2, -0.15) is 0 Å². The van der Waals surface area contributed by atoms with Gasteiger partial charge in [0.1, 0.15) is 25.4 Å². The fourth-order valence-corrected chi connectivity index (χ4v) is 5.26. The molecule has 0 aromatic heterocycles. The number of methoxy groups -OCH3 is 1. The van der Waals surface area contributed by atoms with E-state index in [0.29, 0.717) is 0 Å². The van der Waals surface area contributed by atoms with Gasteiger partial charge in [-0.05, 0) is 6.42 Å². The van der Waals surface area contributed by atoms with E-state index in [-0.39, 0.29) is 6.42 Å². The minimum atomic E-state index is -1.45. The molecule has 0 bridgehead atoms. The summed E-state index contributed by atoms with van der Waals surface area (Å²) in [4.78, 5) is 84.0. The quantitative estimate of drug-likeness (QED) is 0.189. The van der Waals surface area contributed by atoms with Crippen LogP contribution in [0.2, 0.25) is 0 Å². The van der Waals surface area contributed by atoms with E-state index in [1.165, 1.54) is 7.11 Å². The number of carbonyl (C=O) groups is 7. The molecule has 10 atom stereocenters. The van der Waals surface area contributed by atoms with Crippen molar-refractivity contribution in [3.63, 3.8) is 0 Å². The highest BCUT2D eigenvalue weighted by molar-refractivity contribution is 5.69. The Morgan fingerprint density at radius 2 is 1.07 bits per heavy atom. The topological polar surface area (TPSA) is 212 Å². The van der Waals surface area contributed by atoms with Gasteiger partial charge < -0.3 is 47.4 Å². The summed E-state index contributed by atoms with van der Waals surface area (Å²) in [5, 5.41) is 0. The molecule has 2 aliphatic rings. The van der Waals surface area contributed by atoms with E-state index in [9.17, 15) is 33.6 Å². The highest BCUT2D eigenvalue weighted by Crippen LogP contribution is 2.40. The number of hydrogen-bond donors (Lipinski definition) is 0. The first-order chi connectivity index (χ1) is 21.0. The molecule has 17 heteroatoms. The van der Waals surface area contributed by atoms with Crippen molar-refractivity contribution in [2.75, 3.05) is 20.3 Å². The number of rotatable bonds is 13. The minimum Gasteiger partial charge on any atom is -0.463 e. The molecule has 0 aromatic carbocycles. The van der Waals surface area contributed by atoms with Crippen LogP contribution < -0.4 is 0 Å². The molecule has 0 aromatic rings. The lowest BCUT2D eigenvalue weighted by Crippen LogP contribution is -2.63. The summed E-state index contributed by atoms with van der Waals surface area (Å²) in [7, 11) is 1.28. The molecule has 0 unspecified atom stereocenters. The number of ether oxygens (including phenoxy) is 10. The second-order valence-electron chi connectivity index (χ2n) is 10.4. The zero-order chi connectivity index (χ0) is 34.0. The van der Waals surface area contributed by atoms with Crippen molar-refractivity contribution in [1.29, 1.82) is 0 Å². The van der Waals surface area contributed by atoms with Gasteiger partial charge in [0.2, 0.25) is 0 Å². The zero-order valence-electron chi connectivity index (χ0n) is 26.3. The van der Waals surface area contributed by atoms with Crippen LogP contribution in [0.15, 0.2) is 0 Å². The molecule has 0 saturated carbocycles. The standard InChI is InChI=1S/C28H40O17/c1-12(29)37-10-21(39-14(3)31)23-19(24(40-15(4)32)28(36-8)45-23)9-20-25(41-16(5)33)27(43-18(7)35)26(42-17(6)34)22(44-20)11-38-13(2)30/h19-28H,9-11H2,1-8H3/t19-,20-,21+,22-,23-,24-,25+,26-,27-,28-/m1/s1. The SMILES string of the molecule is CO[C@@H]1O[C@@H]([C@H](COC(C)=O)OC(C)=O)[C@@H](C[C@H]2O[C@H](COC(C)=O)[C@@H](OC(C)=O)[C@H](OC(C)=O)[C@H]2OC(C)=O)[C@H]1OC(C)=O. The van der Waals surface area contributed by atoms with Crippen molar-refractivity contribution in [2.24, 2.45) is 5.92 Å². The van der Waals surface area contributed by atoms with E-state index in [2.05, 4.69) is 0 Å². The monoisotopic (exact) mass is 648 g/mol. The van der Waals surface area contributed by atoms with Gasteiger partial charge in [-0.1, -0.05) is 0 Å². The summed E-state index contributed by atoms with van der Waals surface area (Å²) in [6, 6.07) is 0. The second kappa shape index (κ2) is 17.0. The molecular formula is C28H40O17. The fraction of sp³-hybridized carbons (Fsp3) is 0.750. The molecule has 45 heavy (non-hydrogen) atoms. The predicted octanol–water partition coefficient (Wildman–Crippen LogP) is -0.0839. The maximum Gasteiger partial charge on any atom is 0.303 e.